The van der Waals surface area contributed by atoms with E-state index in [1.54, 1.807) is 0 Å². The third-order valence-electron chi connectivity index (χ3n) is 3.83. The second-order valence-corrected chi connectivity index (χ2v) is 8.85. The van der Waals surface area contributed by atoms with E-state index in [1.165, 1.54) is 29.4 Å². The Bertz CT molecular complexity index is 730. The van der Waals surface area contributed by atoms with Crippen molar-refractivity contribution in [2.75, 3.05) is 0 Å². The fourth-order valence-corrected chi connectivity index (χ4v) is 5.37. The fraction of sp³-hybridized carbons (Fsp3) is 0.350. The molecular formula is C20H24IO3-. The molecule has 2 rings (SSSR count). The molecule has 2 aromatic carbocycles. The van der Waals surface area contributed by atoms with Crippen LogP contribution in [0.2, 0.25) is 0 Å². The second-order valence-electron chi connectivity index (χ2n) is 6.07. The number of ether oxygens (including phenoxy) is 1. The molecule has 0 amide bonds. The molecule has 1 atom stereocenters. The van der Waals surface area contributed by atoms with Gasteiger partial charge in [0.2, 0.25) is 0 Å². The molecule has 0 bridgehead atoms. The summed E-state index contributed by atoms with van der Waals surface area (Å²) in [5.74, 6) is -0.288. The van der Waals surface area contributed by atoms with Crippen molar-refractivity contribution >= 4 is 5.97 Å². The third-order valence-corrected chi connectivity index (χ3v) is 7.86. The van der Waals surface area contributed by atoms with Crippen molar-refractivity contribution in [2.24, 2.45) is 0 Å². The zero-order chi connectivity index (χ0) is 17.9. The predicted molar refractivity (Wildman–Crippen MR) is 91.6 cm³/mol. The van der Waals surface area contributed by atoms with Crippen LogP contribution >= 0.6 is 0 Å². The van der Waals surface area contributed by atoms with Crippen LogP contribution in [0.4, 0.5) is 0 Å². The van der Waals surface area contributed by atoms with Crippen molar-refractivity contribution in [1.82, 2.24) is 0 Å². The number of benzene rings is 2. The van der Waals surface area contributed by atoms with Crippen LogP contribution in [0.5, 0.6) is 5.75 Å². The molecule has 1 unspecified atom stereocenters. The van der Waals surface area contributed by atoms with E-state index in [2.05, 4.69) is 45.9 Å². The minimum absolute atomic E-state index is 0.272. The van der Waals surface area contributed by atoms with Gasteiger partial charge in [0.05, 0.1) is 0 Å². The van der Waals surface area contributed by atoms with E-state index in [-0.39, 0.29) is 21.2 Å². The average molecular weight is 439 g/mol. The number of aliphatic carboxylic acids is 1. The molecule has 3 nitrogen and oxygen atoms in total. The first-order valence-electron chi connectivity index (χ1n) is 8.04. The van der Waals surface area contributed by atoms with Gasteiger partial charge in [-0.3, -0.25) is 0 Å². The van der Waals surface area contributed by atoms with Gasteiger partial charge in [-0.15, -0.1) is 0 Å². The number of aryl methyl sites for hydroxylation is 4. The maximum absolute atomic E-state index is 11.1. The van der Waals surface area contributed by atoms with Gasteiger partial charge in [-0.1, -0.05) is 0 Å². The van der Waals surface area contributed by atoms with Crippen LogP contribution in [0.3, 0.4) is 0 Å². The molecule has 0 aliphatic rings. The Morgan fingerprint density at radius 1 is 1.08 bits per heavy atom. The molecule has 130 valence electrons. The number of carboxylic acids is 1. The van der Waals surface area contributed by atoms with Gasteiger partial charge in [0.25, 0.3) is 0 Å². The molecule has 0 aliphatic heterocycles. The van der Waals surface area contributed by atoms with Crippen LogP contribution in [-0.4, -0.2) is 17.2 Å². The van der Waals surface area contributed by atoms with Crippen molar-refractivity contribution in [2.45, 2.75) is 47.1 Å². The molecule has 0 spiro atoms. The number of halogens is 1. The Morgan fingerprint density at radius 2 is 1.71 bits per heavy atom. The van der Waals surface area contributed by atoms with Crippen molar-refractivity contribution in [1.29, 1.82) is 0 Å². The summed E-state index contributed by atoms with van der Waals surface area (Å²) in [5, 5.41) is 9.12. The van der Waals surface area contributed by atoms with E-state index in [4.69, 9.17) is 9.84 Å². The molecular weight excluding hydrogens is 415 g/mol. The predicted octanol–water partition coefficient (Wildman–Crippen LogP) is 1.29. The van der Waals surface area contributed by atoms with Crippen LogP contribution in [-0.2, 0) is 4.79 Å². The van der Waals surface area contributed by atoms with E-state index in [1.807, 2.05) is 19.1 Å². The van der Waals surface area contributed by atoms with Crippen molar-refractivity contribution < 1.29 is 35.8 Å². The van der Waals surface area contributed by atoms with Crippen molar-refractivity contribution in [3.8, 4) is 5.75 Å². The van der Waals surface area contributed by atoms with E-state index < -0.39 is 12.1 Å². The fourth-order valence-electron chi connectivity index (χ4n) is 2.68. The summed E-state index contributed by atoms with van der Waals surface area (Å²) in [6.07, 6.45) is -0.336. The second kappa shape index (κ2) is 8.01. The molecule has 0 heterocycles. The summed E-state index contributed by atoms with van der Waals surface area (Å²) in [5.41, 5.74) is 5.19. The first kappa shape index (κ1) is 18.8. The molecule has 2 aromatic rings. The normalized spacial score (nSPS) is 12.2. The average Bonchev–Trinajstić information content (AvgIpc) is 2.49. The standard InChI is InChI=1S/C20H24IO3/c1-6-18(20(22)23)24-16-7-8-17(13(3)11-16)21-19-14(4)9-12(2)10-15(19)5/h7-11,18H,6H2,1-5H3,(H,22,23)/q-1. The minimum atomic E-state index is -0.919. The Hall–Kier alpha value is -1.56. The van der Waals surface area contributed by atoms with Crippen molar-refractivity contribution in [3.05, 3.63) is 59.7 Å². The first-order valence-corrected chi connectivity index (χ1v) is 10.2. The summed E-state index contributed by atoms with van der Waals surface area (Å²) < 4.78 is 8.40. The van der Waals surface area contributed by atoms with Gasteiger partial charge >= 0.3 is 154 Å². The van der Waals surface area contributed by atoms with Gasteiger partial charge < -0.3 is 0 Å². The van der Waals surface area contributed by atoms with Gasteiger partial charge in [-0.2, -0.15) is 0 Å². The number of carbonyl (C=O) groups is 1. The van der Waals surface area contributed by atoms with Gasteiger partial charge in [-0.05, 0) is 0 Å². The molecule has 0 saturated carbocycles. The summed E-state index contributed by atoms with van der Waals surface area (Å²) in [6.45, 7) is 10.4. The summed E-state index contributed by atoms with van der Waals surface area (Å²) in [4.78, 5) is 11.1. The number of hydrogen-bond acceptors (Lipinski definition) is 2. The zero-order valence-corrected chi connectivity index (χ0v) is 17.0. The maximum atomic E-state index is 11.1. The first-order chi connectivity index (χ1) is 11.3. The van der Waals surface area contributed by atoms with Crippen molar-refractivity contribution in [3.63, 3.8) is 0 Å². The van der Waals surface area contributed by atoms with E-state index in [0.29, 0.717) is 12.2 Å². The third kappa shape index (κ3) is 4.50. The van der Waals surface area contributed by atoms with E-state index >= 15 is 0 Å². The Balaban J connectivity index is 2.23. The number of carboxylic acid groups (broad SMARTS) is 1. The number of hydrogen-bond donors (Lipinski definition) is 1. The van der Waals surface area contributed by atoms with Crippen LogP contribution in [0, 0.1) is 34.8 Å². The molecule has 0 aromatic heterocycles. The van der Waals surface area contributed by atoms with Crippen LogP contribution in [0.1, 0.15) is 35.6 Å². The van der Waals surface area contributed by atoms with Crippen LogP contribution < -0.4 is 25.9 Å². The molecule has 1 N–H and O–H groups in total. The quantitative estimate of drug-likeness (QED) is 0.691. The molecule has 24 heavy (non-hydrogen) atoms. The summed E-state index contributed by atoms with van der Waals surface area (Å²) in [6, 6.07) is 10.4. The SMILES string of the molecule is CCC(Oc1ccc([I-]c2c(C)cc(C)cc2C)c(C)c1)C(=O)O. The summed E-state index contributed by atoms with van der Waals surface area (Å²) in [7, 11) is 0. The zero-order valence-electron chi connectivity index (χ0n) is 14.8. The van der Waals surface area contributed by atoms with Gasteiger partial charge in [0, 0.05) is 0 Å². The monoisotopic (exact) mass is 439 g/mol. The van der Waals surface area contributed by atoms with Gasteiger partial charge in [0.1, 0.15) is 0 Å². The Morgan fingerprint density at radius 3 is 2.21 bits per heavy atom. The van der Waals surface area contributed by atoms with Crippen LogP contribution in [0.25, 0.3) is 0 Å². The summed E-state index contributed by atoms with van der Waals surface area (Å²) >= 11 is -0.272. The van der Waals surface area contributed by atoms with E-state index in [0.717, 1.165) is 0 Å². The van der Waals surface area contributed by atoms with Gasteiger partial charge in [0.15, 0.2) is 0 Å². The van der Waals surface area contributed by atoms with Gasteiger partial charge in [-0.25, -0.2) is 0 Å². The number of rotatable bonds is 6. The molecule has 0 radical (unpaired) electrons. The topological polar surface area (TPSA) is 46.5 Å². The molecule has 0 aliphatic carbocycles. The molecule has 0 saturated heterocycles. The Labute approximate surface area is 154 Å². The molecule has 0 fully saturated rings. The Kier molecular flexibility index (Phi) is 6.27. The molecule has 4 heteroatoms. The van der Waals surface area contributed by atoms with E-state index in [9.17, 15) is 4.79 Å². The van der Waals surface area contributed by atoms with Crippen LogP contribution in [0.15, 0.2) is 30.3 Å².